The summed E-state index contributed by atoms with van der Waals surface area (Å²) in [5.74, 6) is 0.972. The Balaban J connectivity index is 1.66. The van der Waals surface area contributed by atoms with E-state index in [4.69, 9.17) is 0 Å². The minimum absolute atomic E-state index is 0.279. The van der Waals surface area contributed by atoms with Crippen molar-refractivity contribution in [1.29, 1.82) is 0 Å². The molecule has 1 aliphatic heterocycles. The number of nitrogens with one attached hydrogen (secondary N) is 1. The number of likely N-dealkylation sites (tertiary alicyclic amines) is 1. The zero-order valence-electron chi connectivity index (χ0n) is 10.8. The molecule has 0 aliphatic carbocycles. The molecule has 0 spiro atoms. The van der Waals surface area contributed by atoms with Gasteiger partial charge in [-0.25, -0.2) is 4.98 Å². The van der Waals surface area contributed by atoms with Gasteiger partial charge in [-0.2, -0.15) is 0 Å². The van der Waals surface area contributed by atoms with Crippen LogP contribution in [0.5, 0.6) is 0 Å². The van der Waals surface area contributed by atoms with Crippen molar-refractivity contribution in [3.63, 3.8) is 0 Å². The predicted molar refractivity (Wildman–Crippen MR) is 77.0 cm³/mol. The standard InChI is InChI=1S/C14H17N3OS/c18-13-8-2-1-5-9-17(13)10-19-14-15-11-6-3-4-7-12(11)16-14/h3-4,6-7H,1-2,5,8-10H2,(H,15,16). The maximum absolute atomic E-state index is 11.9. The van der Waals surface area contributed by atoms with E-state index in [2.05, 4.69) is 9.97 Å². The number of benzene rings is 1. The second kappa shape index (κ2) is 5.65. The number of aromatic nitrogens is 2. The lowest BCUT2D eigenvalue weighted by Gasteiger charge is -2.18. The summed E-state index contributed by atoms with van der Waals surface area (Å²) >= 11 is 1.60. The first-order valence-electron chi connectivity index (χ1n) is 6.68. The summed E-state index contributed by atoms with van der Waals surface area (Å²) in [6, 6.07) is 7.99. The molecule has 0 saturated carbocycles. The van der Waals surface area contributed by atoms with E-state index in [-0.39, 0.29) is 5.91 Å². The largest absolute Gasteiger partial charge is 0.333 e. The van der Waals surface area contributed by atoms with Gasteiger partial charge < -0.3 is 9.88 Å². The van der Waals surface area contributed by atoms with Crippen molar-refractivity contribution < 1.29 is 4.79 Å². The second-order valence-corrected chi connectivity index (χ2v) is 5.73. The van der Waals surface area contributed by atoms with Crippen molar-refractivity contribution in [3.05, 3.63) is 24.3 Å². The van der Waals surface area contributed by atoms with E-state index < -0.39 is 0 Å². The van der Waals surface area contributed by atoms with Crippen molar-refractivity contribution in [1.82, 2.24) is 14.9 Å². The van der Waals surface area contributed by atoms with Crippen LogP contribution in [0.25, 0.3) is 11.0 Å². The summed E-state index contributed by atoms with van der Waals surface area (Å²) in [4.78, 5) is 21.6. The Labute approximate surface area is 116 Å². The Hall–Kier alpha value is -1.49. The van der Waals surface area contributed by atoms with E-state index in [0.717, 1.165) is 42.0 Å². The molecule has 5 heteroatoms. The highest BCUT2D eigenvalue weighted by atomic mass is 32.2. The highest BCUT2D eigenvalue weighted by molar-refractivity contribution is 7.99. The van der Waals surface area contributed by atoms with Crippen molar-refractivity contribution in [2.75, 3.05) is 12.4 Å². The van der Waals surface area contributed by atoms with Crippen molar-refractivity contribution in [2.24, 2.45) is 0 Å². The minimum Gasteiger partial charge on any atom is -0.333 e. The van der Waals surface area contributed by atoms with Gasteiger partial charge in [0.1, 0.15) is 0 Å². The second-order valence-electron chi connectivity index (χ2n) is 4.80. The lowest BCUT2D eigenvalue weighted by Crippen LogP contribution is -2.29. The third kappa shape index (κ3) is 2.92. The van der Waals surface area contributed by atoms with Gasteiger partial charge in [-0.05, 0) is 25.0 Å². The van der Waals surface area contributed by atoms with Crippen LogP contribution in [0.3, 0.4) is 0 Å². The number of carbonyl (C=O) groups excluding carboxylic acids is 1. The predicted octanol–water partition coefficient (Wildman–Crippen LogP) is 3.02. The molecule has 0 atom stereocenters. The van der Waals surface area contributed by atoms with Gasteiger partial charge in [-0.1, -0.05) is 30.3 Å². The van der Waals surface area contributed by atoms with E-state index in [9.17, 15) is 4.79 Å². The van der Waals surface area contributed by atoms with Crippen LogP contribution in [0.2, 0.25) is 0 Å². The van der Waals surface area contributed by atoms with Gasteiger partial charge >= 0.3 is 0 Å². The first-order chi connectivity index (χ1) is 9.33. The number of aromatic amines is 1. The molecule has 0 bridgehead atoms. The van der Waals surface area contributed by atoms with Gasteiger partial charge in [-0.15, -0.1) is 0 Å². The molecule has 1 aliphatic rings. The topological polar surface area (TPSA) is 49.0 Å². The summed E-state index contributed by atoms with van der Waals surface area (Å²) in [5.41, 5.74) is 2.03. The van der Waals surface area contributed by atoms with E-state index in [0.29, 0.717) is 12.3 Å². The molecule has 1 aromatic heterocycles. The number of rotatable bonds is 3. The Morgan fingerprint density at radius 3 is 3.05 bits per heavy atom. The smallest absolute Gasteiger partial charge is 0.223 e. The molecule has 1 fully saturated rings. The van der Waals surface area contributed by atoms with E-state index in [1.807, 2.05) is 29.2 Å². The van der Waals surface area contributed by atoms with Crippen molar-refractivity contribution >= 4 is 28.7 Å². The number of fused-ring (bicyclic) bond motifs is 1. The molecule has 19 heavy (non-hydrogen) atoms. The van der Waals surface area contributed by atoms with Crippen molar-refractivity contribution in [2.45, 2.75) is 30.8 Å². The summed E-state index contributed by atoms with van der Waals surface area (Å²) < 4.78 is 0. The Morgan fingerprint density at radius 1 is 1.26 bits per heavy atom. The normalized spacial score (nSPS) is 16.8. The highest BCUT2D eigenvalue weighted by Gasteiger charge is 2.16. The molecular formula is C14H17N3OS. The van der Waals surface area contributed by atoms with E-state index in [1.165, 1.54) is 0 Å². The quantitative estimate of drug-likeness (QED) is 0.876. The van der Waals surface area contributed by atoms with Crippen LogP contribution in [-0.2, 0) is 4.79 Å². The van der Waals surface area contributed by atoms with Crippen LogP contribution in [0.4, 0.5) is 0 Å². The van der Waals surface area contributed by atoms with Crippen LogP contribution in [0.1, 0.15) is 25.7 Å². The number of hydrogen-bond donors (Lipinski definition) is 1. The van der Waals surface area contributed by atoms with Gasteiger partial charge in [0.15, 0.2) is 5.16 Å². The van der Waals surface area contributed by atoms with Gasteiger partial charge in [0.05, 0.1) is 16.9 Å². The fourth-order valence-electron chi connectivity index (χ4n) is 2.31. The van der Waals surface area contributed by atoms with Crippen molar-refractivity contribution in [3.8, 4) is 0 Å². The van der Waals surface area contributed by atoms with Crippen LogP contribution >= 0.6 is 11.8 Å². The summed E-state index contributed by atoms with van der Waals surface area (Å²) in [7, 11) is 0. The maximum atomic E-state index is 11.9. The number of H-pyrrole nitrogens is 1. The monoisotopic (exact) mass is 275 g/mol. The zero-order chi connectivity index (χ0) is 13.1. The van der Waals surface area contributed by atoms with Crippen LogP contribution in [-0.4, -0.2) is 33.2 Å². The molecule has 0 radical (unpaired) electrons. The molecule has 4 nitrogen and oxygen atoms in total. The Kier molecular flexibility index (Phi) is 3.73. The average Bonchev–Trinajstić information content (AvgIpc) is 2.73. The SMILES string of the molecule is O=C1CCCCCN1CSc1nc2ccccc2[nH]1. The molecule has 2 aromatic rings. The molecule has 100 valence electrons. The van der Waals surface area contributed by atoms with Crippen LogP contribution < -0.4 is 0 Å². The van der Waals surface area contributed by atoms with E-state index >= 15 is 0 Å². The summed E-state index contributed by atoms with van der Waals surface area (Å²) in [5, 5.41) is 0.887. The Morgan fingerprint density at radius 2 is 2.16 bits per heavy atom. The molecule has 0 unspecified atom stereocenters. The molecule has 1 N–H and O–H groups in total. The number of amides is 1. The third-order valence-electron chi connectivity index (χ3n) is 3.40. The fraction of sp³-hybridized carbons (Fsp3) is 0.429. The van der Waals surface area contributed by atoms with Crippen LogP contribution in [0.15, 0.2) is 29.4 Å². The average molecular weight is 275 g/mol. The van der Waals surface area contributed by atoms with Gasteiger partial charge in [0.25, 0.3) is 0 Å². The number of nitrogens with zero attached hydrogens (tertiary/aromatic N) is 2. The number of imidazole rings is 1. The lowest BCUT2D eigenvalue weighted by atomic mass is 10.2. The van der Waals surface area contributed by atoms with E-state index in [1.54, 1.807) is 11.8 Å². The number of para-hydroxylation sites is 2. The minimum atomic E-state index is 0.279. The molecule has 3 rings (SSSR count). The number of hydrogen-bond acceptors (Lipinski definition) is 3. The molecule has 2 heterocycles. The molecular weight excluding hydrogens is 258 g/mol. The first-order valence-corrected chi connectivity index (χ1v) is 7.67. The van der Waals surface area contributed by atoms with Gasteiger partial charge in [0.2, 0.25) is 5.91 Å². The number of carbonyl (C=O) groups is 1. The number of thioether (sulfide) groups is 1. The third-order valence-corrected chi connectivity index (χ3v) is 4.30. The molecule has 1 saturated heterocycles. The highest BCUT2D eigenvalue weighted by Crippen LogP contribution is 2.21. The first kappa shape index (κ1) is 12.5. The summed E-state index contributed by atoms with van der Waals surface area (Å²) in [6.07, 6.45) is 4.01. The van der Waals surface area contributed by atoms with Gasteiger partial charge in [-0.3, -0.25) is 4.79 Å². The molecule has 1 amide bonds. The van der Waals surface area contributed by atoms with Crippen LogP contribution in [0, 0.1) is 0 Å². The zero-order valence-corrected chi connectivity index (χ0v) is 11.6. The lowest BCUT2D eigenvalue weighted by molar-refractivity contribution is -0.129. The maximum Gasteiger partial charge on any atom is 0.223 e. The Bertz CT molecular complexity index is 548. The summed E-state index contributed by atoms with van der Waals surface area (Å²) in [6.45, 7) is 0.881. The fourth-order valence-corrected chi connectivity index (χ4v) is 3.21. The molecule has 1 aromatic carbocycles. The van der Waals surface area contributed by atoms with Gasteiger partial charge in [0, 0.05) is 13.0 Å².